The van der Waals surface area contributed by atoms with E-state index >= 15 is 0 Å². The summed E-state index contributed by atoms with van der Waals surface area (Å²) in [5, 5.41) is 3.32. The van der Waals surface area contributed by atoms with Crippen LogP contribution in [0.4, 0.5) is 0 Å². The lowest BCUT2D eigenvalue weighted by Crippen LogP contribution is -2.38. The van der Waals surface area contributed by atoms with Crippen molar-refractivity contribution < 1.29 is 9.15 Å². The molecule has 0 saturated heterocycles. The number of nitrogens with zero attached hydrogens (tertiary/aromatic N) is 2. The highest BCUT2D eigenvalue weighted by Gasteiger charge is 2.09. The van der Waals surface area contributed by atoms with Crippen LogP contribution in [0.25, 0.3) is 0 Å². The molecule has 132 valence electrons. The maximum Gasteiger partial charge on any atom is 0.193 e. The highest BCUT2D eigenvalue weighted by Crippen LogP contribution is 2.18. The van der Waals surface area contributed by atoms with Crippen LogP contribution in [0.15, 0.2) is 52.1 Å². The lowest BCUT2D eigenvalue weighted by atomic mass is 10.2. The number of ether oxygens (including phenoxy) is 1. The van der Waals surface area contributed by atoms with Gasteiger partial charge in [-0.05, 0) is 25.1 Å². The molecule has 6 heteroatoms. The van der Waals surface area contributed by atoms with E-state index in [0.717, 1.165) is 42.5 Å². The summed E-state index contributed by atoms with van der Waals surface area (Å²) in [4.78, 5) is 6.77. The molecule has 0 aliphatic carbocycles. The summed E-state index contributed by atoms with van der Waals surface area (Å²) in [7, 11) is 3.72. The van der Waals surface area contributed by atoms with Gasteiger partial charge in [0.1, 0.15) is 11.5 Å². The highest BCUT2D eigenvalue weighted by atomic mass is 127. The van der Waals surface area contributed by atoms with Gasteiger partial charge in [0, 0.05) is 38.7 Å². The lowest BCUT2D eigenvalue weighted by Gasteiger charge is -2.23. The molecule has 0 amide bonds. The number of furan rings is 1. The first kappa shape index (κ1) is 20.3. The summed E-state index contributed by atoms with van der Waals surface area (Å²) in [6, 6.07) is 11.9. The first-order valence-corrected chi connectivity index (χ1v) is 7.88. The zero-order valence-electron chi connectivity index (χ0n) is 14.5. The third kappa shape index (κ3) is 6.07. The lowest BCUT2D eigenvalue weighted by molar-refractivity contribution is 0.396. The van der Waals surface area contributed by atoms with Crippen molar-refractivity contribution >= 4 is 29.9 Å². The van der Waals surface area contributed by atoms with Gasteiger partial charge in [0.05, 0.1) is 13.4 Å². The van der Waals surface area contributed by atoms with Crippen LogP contribution in [0.1, 0.15) is 18.2 Å². The van der Waals surface area contributed by atoms with Crippen molar-refractivity contribution in [3.63, 3.8) is 0 Å². The predicted molar refractivity (Wildman–Crippen MR) is 108 cm³/mol. The van der Waals surface area contributed by atoms with E-state index in [1.165, 1.54) is 0 Å². The number of methoxy groups -OCH3 is 1. The molecule has 0 atom stereocenters. The maximum absolute atomic E-state index is 5.42. The summed E-state index contributed by atoms with van der Waals surface area (Å²) in [6.07, 6.45) is 2.49. The molecule has 0 fully saturated rings. The van der Waals surface area contributed by atoms with Gasteiger partial charge in [0.2, 0.25) is 0 Å². The Morgan fingerprint density at radius 1 is 1.25 bits per heavy atom. The van der Waals surface area contributed by atoms with Crippen LogP contribution < -0.4 is 10.1 Å². The van der Waals surface area contributed by atoms with Crippen molar-refractivity contribution in [3.05, 3.63) is 54.0 Å². The minimum Gasteiger partial charge on any atom is -0.496 e. The predicted octanol–water partition coefficient (Wildman–Crippen LogP) is 3.55. The molecule has 0 spiro atoms. The zero-order chi connectivity index (χ0) is 16.5. The monoisotopic (exact) mass is 443 g/mol. The molecule has 0 bridgehead atoms. The molecular weight excluding hydrogens is 417 g/mol. The van der Waals surface area contributed by atoms with Crippen molar-refractivity contribution in [2.24, 2.45) is 4.99 Å². The van der Waals surface area contributed by atoms with E-state index in [4.69, 9.17) is 9.15 Å². The number of aliphatic imine (C=N–C) groups is 1. The van der Waals surface area contributed by atoms with Crippen molar-refractivity contribution in [1.82, 2.24) is 10.2 Å². The number of hydrogen-bond acceptors (Lipinski definition) is 3. The maximum atomic E-state index is 5.42. The molecule has 2 aromatic rings. The van der Waals surface area contributed by atoms with E-state index in [2.05, 4.69) is 28.2 Å². The second kappa shape index (κ2) is 11.0. The number of nitrogens with one attached hydrogen (secondary N) is 1. The summed E-state index contributed by atoms with van der Waals surface area (Å²) in [6.45, 7) is 4.32. The molecule has 1 aromatic heterocycles. The Balaban J connectivity index is 0.00000288. The highest BCUT2D eigenvalue weighted by molar-refractivity contribution is 14.0. The smallest absolute Gasteiger partial charge is 0.193 e. The Labute approximate surface area is 161 Å². The van der Waals surface area contributed by atoms with Gasteiger partial charge in [-0.15, -0.1) is 24.0 Å². The van der Waals surface area contributed by atoms with Crippen LogP contribution in [0, 0.1) is 0 Å². The van der Waals surface area contributed by atoms with Gasteiger partial charge in [-0.25, -0.2) is 0 Å². The van der Waals surface area contributed by atoms with E-state index in [-0.39, 0.29) is 24.0 Å². The van der Waals surface area contributed by atoms with Crippen molar-refractivity contribution in [3.8, 4) is 5.75 Å². The number of hydrogen-bond donors (Lipinski definition) is 1. The topological polar surface area (TPSA) is 50.0 Å². The Bertz CT molecular complexity index is 614. The van der Waals surface area contributed by atoms with E-state index in [1.54, 1.807) is 13.4 Å². The van der Waals surface area contributed by atoms with E-state index in [1.807, 2.05) is 37.4 Å². The fourth-order valence-electron chi connectivity index (χ4n) is 2.36. The third-order valence-corrected chi connectivity index (χ3v) is 3.50. The van der Waals surface area contributed by atoms with Crippen molar-refractivity contribution in [1.29, 1.82) is 0 Å². The Hall–Kier alpha value is -1.70. The van der Waals surface area contributed by atoms with Crippen molar-refractivity contribution in [2.45, 2.75) is 19.9 Å². The van der Waals surface area contributed by atoms with Crippen molar-refractivity contribution in [2.75, 3.05) is 27.2 Å². The van der Waals surface area contributed by atoms with E-state index in [9.17, 15) is 0 Å². The molecule has 0 saturated carbocycles. The van der Waals surface area contributed by atoms with Gasteiger partial charge in [0.15, 0.2) is 5.96 Å². The van der Waals surface area contributed by atoms with Gasteiger partial charge in [-0.1, -0.05) is 18.2 Å². The number of guanidine groups is 1. The fourth-order valence-corrected chi connectivity index (χ4v) is 2.36. The number of benzene rings is 1. The second-order valence-corrected chi connectivity index (χ2v) is 5.23. The quantitative estimate of drug-likeness (QED) is 0.404. The van der Waals surface area contributed by atoms with Crippen LogP contribution in [0.3, 0.4) is 0 Å². The van der Waals surface area contributed by atoms with Gasteiger partial charge in [0.25, 0.3) is 0 Å². The Kier molecular flexibility index (Phi) is 9.29. The minimum absolute atomic E-state index is 0. The Morgan fingerprint density at radius 2 is 2.04 bits per heavy atom. The van der Waals surface area contributed by atoms with Gasteiger partial charge in [-0.3, -0.25) is 4.99 Å². The van der Waals surface area contributed by atoms with Crippen LogP contribution in [0.5, 0.6) is 5.75 Å². The molecular formula is C18H26IN3O2. The largest absolute Gasteiger partial charge is 0.496 e. The van der Waals surface area contributed by atoms with Crippen LogP contribution in [-0.2, 0) is 13.0 Å². The molecule has 1 heterocycles. The number of para-hydroxylation sites is 1. The number of rotatable bonds is 7. The van der Waals surface area contributed by atoms with E-state index in [0.29, 0.717) is 6.54 Å². The number of halogens is 1. The summed E-state index contributed by atoms with van der Waals surface area (Å²) in [5.74, 6) is 2.73. The van der Waals surface area contributed by atoms with Crippen LogP contribution in [0.2, 0.25) is 0 Å². The first-order valence-electron chi connectivity index (χ1n) is 7.88. The van der Waals surface area contributed by atoms with Crippen LogP contribution >= 0.6 is 24.0 Å². The average molecular weight is 443 g/mol. The molecule has 0 unspecified atom stereocenters. The molecule has 0 aliphatic rings. The SMILES string of the molecule is CCNC(=NCCc1ccco1)N(C)Cc1ccccc1OC.I. The second-order valence-electron chi connectivity index (χ2n) is 5.23. The van der Waals surface area contributed by atoms with Crippen LogP contribution in [-0.4, -0.2) is 38.1 Å². The molecule has 5 nitrogen and oxygen atoms in total. The Morgan fingerprint density at radius 3 is 2.71 bits per heavy atom. The molecule has 2 rings (SSSR count). The molecule has 24 heavy (non-hydrogen) atoms. The normalized spacial score (nSPS) is 10.9. The minimum atomic E-state index is 0. The van der Waals surface area contributed by atoms with Gasteiger partial charge < -0.3 is 19.4 Å². The molecule has 0 radical (unpaired) electrons. The van der Waals surface area contributed by atoms with E-state index < -0.39 is 0 Å². The third-order valence-electron chi connectivity index (χ3n) is 3.50. The standard InChI is InChI=1S/C18H25N3O2.HI/c1-4-19-18(20-12-11-16-9-7-13-23-16)21(2)14-15-8-5-6-10-17(15)22-3;/h5-10,13H,4,11-12,14H2,1-3H3,(H,19,20);1H. The molecule has 1 N–H and O–H groups in total. The van der Waals surface area contributed by atoms with Gasteiger partial charge >= 0.3 is 0 Å². The average Bonchev–Trinajstić information content (AvgIpc) is 3.08. The fraction of sp³-hybridized carbons (Fsp3) is 0.389. The first-order chi connectivity index (χ1) is 11.2. The van der Waals surface area contributed by atoms with Gasteiger partial charge in [-0.2, -0.15) is 0 Å². The molecule has 0 aliphatic heterocycles. The molecule has 1 aromatic carbocycles. The zero-order valence-corrected chi connectivity index (χ0v) is 16.8. The summed E-state index contributed by atoms with van der Waals surface area (Å²) in [5.41, 5.74) is 1.13. The summed E-state index contributed by atoms with van der Waals surface area (Å²) < 4.78 is 10.8. The summed E-state index contributed by atoms with van der Waals surface area (Å²) >= 11 is 0.